The summed E-state index contributed by atoms with van der Waals surface area (Å²) in [6.45, 7) is 0. The Bertz CT molecular complexity index is 703. The van der Waals surface area contributed by atoms with E-state index in [0.717, 1.165) is 16.5 Å². The van der Waals surface area contributed by atoms with Crippen LogP contribution in [-0.2, 0) is 0 Å². The van der Waals surface area contributed by atoms with E-state index in [2.05, 4.69) is 0 Å². The highest BCUT2D eigenvalue weighted by Gasteiger charge is 2.18. The highest BCUT2D eigenvalue weighted by atomic mass is 35.5. The van der Waals surface area contributed by atoms with Crippen LogP contribution in [0.4, 0.5) is 0 Å². The molecule has 2 N–H and O–H groups in total. The van der Waals surface area contributed by atoms with Gasteiger partial charge in [-0.05, 0) is 23.8 Å². The number of nitrogens with two attached hydrogens (primary N) is 1. The molecule has 0 radical (unpaired) electrons. The summed E-state index contributed by atoms with van der Waals surface area (Å²) in [6, 6.07) is 14.7. The Morgan fingerprint density at radius 3 is 2.58 bits per heavy atom. The van der Waals surface area contributed by atoms with E-state index in [4.69, 9.17) is 33.4 Å². The monoisotopic (exact) mass is 291 g/mol. The van der Waals surface area contributed by atoms with Crippen molar-refractivity contribution in [1.82, 2.24) is 0 Å². The minimum Gasteiger partial charge on any atom is -0.459 e. The highest BCUT2D eigenvalue weighted by Crippen LogP contribution is 2.33. The quantitative estimate of drug-likeness (QED) is 0.737. The summed E-state index contributed by atoms with van der Waals surface area (Å²) in [5, 5.41) is 1.98. The van der Waals surface area contributed by atoms with E-state index in [1.165, 1.54) is 0 Å². The molecule has 96 valence electrons. The molecule has 3 rings (SSSR count). The minimum atomic E-state index is -0.432. The molecule has 0 aliphatic heterocycles. The molecule has 3 aromatic rings. The molecule has 1 atom stereocenters. The molecular weight excluding hydrogens is 281 g/mol. The minimum absolute atomic E-state index is 0.432. The molecule has 0 aliphatic rings. The second kappa shape index (κ2) is 4.89. The van der Waals surface area contributed by atoms with E-state index in [0.29, 0.717) is 15.8 Å². The third-order valence-corrected chi connectivity index (χ3v) is 3.90. The van der Waals surface area contributed by atoms with Crippen molar-refractivity contribution < 1.29 is 4.42 Å². The second-order valence-corrected chi connectivity index (χ2v) is 5.09. The van der Waals surface area contributed by atoms with Crippen LogP contribution in [0.5, 0.6) is 0 Å². The molecular formula is C15H11Cl2NO. The topological polar surface area (TPSA) is 39.2 Å². The average Bonchev–Trinajstić information content (AvgIpc) is 2.85. The zero-order valence-corrected chi connectivity index (χ0v) is 11.4. The zero-order valence-electron chi connectivity index (χ0n) is 9.94. The van der Waals surface area contributed by atoms with Crippen molar-refractivity contribution in [1.29, 1.82) is 0 Å². The van der Waals surface area contributed by atoms with Crippen molar-refractivity contribution in [3.05, 3.63) is 69.9 Å². The fourth-order valence-corrected chi connectivity index (χ4v) is 2.49. The number of halogens is 2. The summed E-state index contributed by atoms with van der Waals surface area (Å²) < 4.78 is 5.75. The Hall–Kier alpha value is -1.48. The van der Waals surface area contributed by atoms with E-state index < -0.39 is 6.04 Å². The van der Waals surface area contributed by atoms with Crippen LogP contribution >= 0.6 is 23.2 Å². The molecule has 0 saturated carbocycles. The lowest BCUT2D eigenvalue weighted by Crippen LogP contribution is -2.11. The van der Waals surface area contributed by atoms with Crippen molar-refractivity contribution in [2.24, 2.45) is 5.73 Å². The van der Waals surface area contributed by atoms with Gasteiger partial charge in [0.2, 0.25) is 0 Å². The van der Waals surface area contributed by atoms with E-state index in [1.807, 2.05) is 42.5 Å². The number of furan rings is 1. The Morgan fingerprint density at radius 2 is 1.79 bits per heavy atom. The molecule has 0 saturated heterocycles. The summed E-state index contributed by atoms with van der Waals surface area (Å²) in [5.74, 6) is 0.672. The van der Waals surface area contributed by atoms with E-state index >= 15 is 0 Å². The molecule has 0 aliphatic carbocycles. The molecule has 4 heteroatoms. The van der Waals surface area contributed by atoms with Crippen LogP contribution in [0.15, 0.2) is 52.9 Å². The fraction of sp³-hybridized carbons (Fsp3) is 0.0667. The van der Waals surface area contributed by atoms with Gasteiger partial charge in [-0.3, -0.25) is 0 Å². The molecule has 2 nitrogen and oxygen atoms in total. The first kappa shape index (κ1) is 12.5. The normalized spacial score (nSPS) is 12.8. The number of fused-ring (bicyclic) bond motifs is 1. The molecule has 0 fully saturated rings. The third-order valence-electron chi connectivity index (χ3n) is 3.07. The lowest BCUT2D eigenvalue weighted by molar-refractivity contribution is 0.525. The van der Waals surface area contributed by atoms with Gasteiger partial charge in [0.25, 0.3) is 0 Å². The molecule has 0 amide bonds. The summed E-state index contributed by atoms with van der Waals surface area (Å²) in [7, 11) is 0. The van der Waals surface area contributed by atoms with Crippen molar-refractivity contribution >= 4 is 34.2 Å². The second-order valence-electron chi connectivity index (χ2n) is 4.31. The van der Waals surface area contributed by atoms with Crippen molar-refractivity contribution in [3.8, 4) is 0 Å². The van der Waals surface area contributed by atoms with Gasteiger partial charge in [-0.2, -0.15) is 0 Å². The van der Waals surface area contributed by atoms with Crippen LogP contribution in [0, 0.1) is 0 Å². The van der Waals surface area contributed by atoms with E-state index in [-0.39, 0.29) is 0 Å². The molecule has 1 heterocycles. The van der Waals surface area contributed by atoms with Gasteiger partial charge in [-0.15, -0.1) is 0 Å². The van der Waals surface area contributed by atoms with Gasteiger partial charge in [0.15, 0.2) is 0 Å². The van der Waals surface area contributed by atoms with Gasteiger partial charge >= 0.3 is 0 Å². The van der Waals surface area contributed by atoms with E-state index in [9.17, 15) is 0 Å². The summed E-state index contributed by atoms with van der Waals surface area (Å²) in [6.07, 6.45) is 0. The highest BCUT2D eigenvalue weighted by molar-refractivity contribution is 6.42. The SMILES string of the molecule is NC(c1cc2ccccc2o1)c1cccc(Cl)c1Cl. The number of rotatable bonds is 2. The number of hydrogen-bond donors (Lipinski definition) is 1. The van der Waals surface area contributed by atoms with Crippen LogP contribution in [0.25, 0.3) is 11.0 Å². The third kappa shape index (κ3) is 2.23. The van der Waals surface area contributed by atoms with Crippen LogP contribution in [0.3, 0.4) is 0 Å². The van der Waals surface area contributed by atoms with Crippen LogP contribution in [0.2, 0.25) is 10.0 Å². The maximum atomic E-state index is 6.21. The zero-order chi connectivity index (χ0) is 13.4. The van der Waals surface area contributed by atoms with Gasteiger partial charge < -0.3 is 10.2 Å². The fourth-order valence-electron chi connectivity index (χ4n) is 2.07. The summed E-state index contributed by atoms with van der Waals surface area (Å²) in [5.41, 5.74) is 7.78. The first-order valence-electron chi connectivity index (χ1n) is 5.85. The molecule has 1 unspecified atom stereocenters. The van der Waals surface area contributed by atoms with Gasteiger partial charge in [0, 0.05) is 5.39 Å². The predicted molar refractivity (Wildman–Crippen MR) is 78.7 cm³/mol. The van der Waals surface area contributed by atoms with Gasteiger partial charge in [-0.25, -0.2) is 0 Å². The largest absolute Gasteiger partial charge is 0.459 e. The van der Waals surface area contributed by atoms with Crippen LogP contribution < -0.4 is 5.73 Å². The molecule has 0 spiro atoms. The molecule has 2 aromatic carbocycles. The van der Waals surface area contributed by atoms with Crippen molar-refractivity contribution in [3.63, 3.8) is 0 Å². The Labute approximate surface area is 120 Å². The van der Waals surface area contributed by atoms with Gasteiger partial charge in [-0.1, -0.05) is 53.5 Å². The number of hydrogen-bond acceptors (Lipinski definition) is 2. The predicted octanol–water partition coefficient (Wildman–Crippen LogP) is 4.79. The smallest absolute Gasteiger partial charge is 0.134 e. The number of benzene rings is 2. The summed E-state index contributed by atoms with van der Waals surface area (Å²) in [4.78, 5) is 0. The molecule has 0 bridgehead atoms. The maximum absolute atomic E-state index is 6.21. The maximum Gasteiger partial charge on any atom is 0.134 e. The lowest BCUT2D eigenvalue weighted by atomic mass is 10.1. The Morgan fingerprint density at radius 1 is 1.00 bits per heavy atom. The molecule has 19 heavy (non-hydrogen) atoms. The molecule has 1 aromatic heterocycles. The van der Waals surface area contributed by atoms with Crippen molar-refractivity contribution in [2.45, 2.75) is 6.04 Å². The van der Waals surface area contributed by atoms with Gasteiger partial charge in [0.1, 0.15) is 11.3 Å². The average molecular weight is 292 g/mol. The van der Waals surface area contributed by atoms with Gasteiger partial charge in [0.05, 0.1) is 16.1 Å². The Balaban J connectivity index is 2.08. The van der Waals surface area contributed by atoms with Crippen molar-refractivity contribution in [2.75, 3.05) is 0 Å². The number of para-hydroxylation sites is 1. The lowest BCUT2D eigenvalue weighted by Gasteiger charge is -2.11. The standard InChI is InChI=1S/C15H11Cl2NO/c16-11-6-3-5-10(14(11)17)15(18)13-8-9-4-1-2-7-12(9)19-13/h1-8,15H,18H2. The first-order chi connectivity index (χ1) is 9.16. The van der Waals surface area contributed by atoms with Crippen LogP contribution in [-0.4, -0.2) is 0 Å². The Kier molecular flexibility index (Phi) is 3.23. The summed E-state index contributed by atoms with van der Waals surface area (Å²) >= 11 is 12.2. The first-order valence-corrected chi connectivity index (χ1v) is 6.60. The van der Waals surface area contributed by atoms with E-state index in [1.54, 1.807) is 6.07 Å². The van der Waals surface area contributed by atoms with Crippen LogP contribution in [0.1, 0.15) is 17.4 Å².